The van der Waals surface area contributed by atoms with Gasteiger partial charge in [-0.15, -0.1) is 0 Å². The van der Waals surface area contributed by atoms with Gasteiger partial charge in [-0.2, -0.15) is 0 Å². The van der Waals surface area contributed by atoms with Crippen molar-refractivity contribution >= 4 is 17.1 Å². The van der Waals surface area contributed by atoms with Gasteiger partial charge in [-0.05, 0) is 91.7 Å². The molecule has 0 spiro atoms. The van der Waals surface area contributed by atoms with E-state index in [1.807, 2.05) is 0 Å². The Kier molecular flexibility index (Phi) is 5.26. The molecule has 0 saturated heterocycles. The molecule has 0 radical (unpaired) electrons. The van der Waals surface area contributed by atoms with Gasteiger partial charge in [0.1, 0.15) is 0 Å². The molecule has 0 N–H and O–H groups in total. The fraction of sp³-hybridized carbons (Fsp3) is 0.231. The molecule has 7 rings (SSSR count). The van der Waals surface area contributed by atoms with Crippen LogP contribution in [0.2, 0.25) is 0 Å². The van der Waals surface area contributed by atoms with Gasteiger partial charge in [-0.25, -0.2) is 0 Å². The second kappa shape index (κ2) is 8.45. The van der Waals surface area contributed by atoms with Gasteiger partial charge in [-0.3, -0.25) is 0 Å². The molecule has 1 heteroatoms. The normalized spacial score (nSPS) is 16.9. The van der Waals surface area contributed by atoms with Gasteiger partial charge in [0.05, 0.1) is 0 Å². The van der Waals surface area contributed by atoms with Crippen LogP contribution in [0.3, 0.4) is 0 Å². The lowest BCUT2D eigenvalue weighted by Crippen LogP contribution is -2.44. The Morgan fingerprint density at radius 2 is 0.975 bits per heavy atom. The zero-order chi connectivity index (χ0) is 27.9. The van der Waals surface area contributed by atoms with Crippen LogP contribution in [0.5, 0.6) is 0 Å². The topological polar surface area (TPSA) is 3.24 Å². The number of nitrogens with zero attached hydrogens (tertiary/aromatic N) is 1. The Morgan fingerprint density at radius 3 is 1.62 bits per heavy atom. The van der Waals surface area contributed by atoms with Crippen LogP contribution in [0.25, 0.3) is 22.3 Å². The molecule has 198 valence electrons. The van der Waals surface area contributed by atoms with Crippen LogP contribution in [-0.2, 0) is 16.2 Å². The minimum Gasteiger partial charge on any atom is -0.310 e. The number of rotatable bonds is 3. The molecule has 0 amide bonds. The summed E-state index contributed by atoms with van der Waals surface area (Å²) in [4.78, 5) is 2.37. The molecule has 0 fully saturated rings. The smallest absolute Gasteiger partial charge is 0.0465 e. The Bertz CT molecular complexity index is 1720. The highest BCUT2D eigenvalue weighted by Crippen LogP contribution is 2.60. The summed E-state index contributed by atoms with van der Waals surface area (Å²) in [6, 6.07) is 42.4. The van der Waals surface area contributed by atoms with Gasteiger partial charge in [0.15, 0.2) is 0 Å². The molecular weight excluding hydrogens is 482 g/mol. The van der Waals surface area contributed by atoms with Crippen LogP contribution in [0, 0.1) is 0 Å². The zero-order valence-electron chi connectivity index (χ0n) is 24.4. The molecule has 0 heterocycles. The summed E-state index contributed by atoms with van der Waals surface area (Å²) >= 11 is 0. The number of benzene rings is 5. The van der Waals surface area contributed by atoms with Gasteiger partial charge in [-0.1, -0.05) is 120 Å². The van der Waals surface area contributed by atoms with Crippen molar-refractivity contribution < 1.29 is 0 Å². The third-order valence-corrected chi connectivity index (χ3v) is 10.2. The fourth-order valence-electron chi connectivity index (χ4n) is 7.36. The van der Waals surface area contributed by atoms with Crippen molar-refractivity contribution in [2.45, 2.75) is 57.8 Å². The van der Waals surface area contributed by atoms with Crippen molar-refractivity contribution in [3.8, 4) is 22.3 Å². The maximum absolute atomic E-state index is 2.44. The maximum Gasteiger partial charge on any atom is 0.0465 e. The number of fused-ring (bicyclic) bond motifs is 7. The highest BCUT2D eigenvalue weighted by molar-refractivity contribution is 5.93. The first kappa shape index (κ1) is 24.9. The van der Waals surface area contributed by atoms with Gasteiger partial charge in [0.25, 0.3) is 0 Å². The standard InChI is InChI=1S/C39H37N/c1-37(2)34-25-28(40(26-15-9-7-10-16-26)27-17-11-8-12-18-27)21-22-29(34)30-23-24-33-35(36(30)37)31-19-13-14-20-32(31)38(3,4)39(33,5)6/h7-25H,1-6H3. The minimum absolute atomic E-state index is 0.000844. The highest BCUT2D eigenvalue weighted by atomic mass is 15.1. The molecule has 40 heavy (non-hydrogen) atoms. The van der Waals surface area contributed by atoms with Gasteiger partial charge < -0.3 is 4.90 Å². The monoisotopic (exact) mass is 519 g/mol. The zero-order valence-corrected chi connectivity index (χ0v) is 24.4. The van der Waals surface area contributed by atoms with Gasteiger partial charge >= 0.3 is 0 Å². The van der Waals surface area contributed by atoms with Crippen molar-refractivity contribution in [2.75, 3.05) is 4.90 Å². The molecule has 0 unspecified atom stereocenters. The van der Waals surface area contributed by atoms with E-state index in [4.69, 9.17) is 0 Å². The summed E-state index contributed by atoms with van der Waals surface area (Å²) in [6.45, 7) is 14.5. The summed E-state index contributed by atoms with van der Waals surface area (Å²) in [5, 5.41) is 0. The van der Waals surface area contributed by atoms with Gasteiger partial charge in [0.2, 0.25) is 0 Å². The third kappa shape index (κ3) is 3.27. The number of hydrogen-bond donors (Lipinski definition) is 0. The van der Waals surface area contributed by atoms with E-state index in [0.717, 1.165) is 11.4 Å². The van der Waals surface area contributed by atoms with Crippen molar-refractivity contribution in [1.82, 2.24) is 0 Å². The lowest BCUT2D eigenvalue weighted by molar-refractivity contribution is 0.298. The summed E-state index contributed by atoms with van der Waals surface area (Å²) in [7, 11) is 0. The van der Waals surface area contributed by atoms with Crippen molar-refractivity contribution in [2.24, 2.45) is 0 Å². The molecule has 2 aliphatic carbocycles. The summed E-state index contributed by atoms with van der Waals surface area (Å²) in [5.74, 6) is 0. The first-order valence-corrected chi connectivity index (χ1v) is 14.5. The third-order valence-electron chi connectivity index (χ3n) is 10.2. The van der Waals surface area contributed by atoms with Crippen molar-refractivity contribution in [1.29, 1.82) is 0 Å². The number of hydrogen-bond acceptors (Lipinski definition) is 1. The minimum atomic E-state index is -0.143. The molecule has 0 aliphatic heterocycles. The van der Waals surface area contributed by atoms with E-state index in [-0.39, 0.29) is 16.2 Å². The highest BCUT2D eigenvalue weighted by Gasteiger charge is 2.49. The molecule has 2 aliphatic rings. The second-order valence-corrected chi connectivity index (χ2v) is 13.1. The summed E-state index contributed by atoms with van der Waals surface area (Å²) in [6.07, 6.45) is 0. The van der Waals surface area contributed by atoms with Crippen LogP contribution in [-0.4, -0.2) is 0 Å². The average Bonchev–Trinajstić information content (AvgIpc) is 3.19. The lowest BCUT2D eigenvalue weighted by atomic mass is 9.54. The van der Waals surface area contributed by atoms with Crippen molar-refractivity contribution in [3.63, 3.8) is 0 Å². The molecule has 0 saturated carbocycles. The summed E-state index contributed by atoms with van der Waals surface area (Å²) in [5.41, 5.74) is 14.8. The fourth-order valence-corrected chi connectivity index (χ4v) is 7.36. The molecule has 5 aromatic carbocycles. The molecule has 0 aromatic heterocycles. The number of anilines is 3. The Hall–Kier alpha value is -4.10. The van der Waals surface area contributed by atoms with E-state index < -0.39 is 0 Å². The van der Waals surface area contributed by atoms with Crippen LogP contribution in [0.1, 0.15) is 63.8 Å². The van der Waals surface area contributed by atoms with Crippen LogP contribution >= 0.6 is 0 Å². The van der Waals surface area contributed by atoms with Crippen molar-refractivity contribution in [3.05, 3.63) is 138 Å². The number of para-hydroxylation sites is 2. The average molecular weight is 520 g/mol. The molecule has 0 atom stereocenters. The van der Waals surface area contributed by atoms with E-state index in [1.165, 1.54) is 50.2 Å². The lowest BCUT2D eigenvalue weighted by Gasteiger charge is -2.49. The molecule has 1 nitrogen and oxygen atoms in total. The Labute approximate surface area is 239 Å². The predicted molar refractivity (Wildman–Crippen MR) is 170 cm³/mol. The van der Waals surface area contributed by atoms with Crippen LogP contribution < -0.4 is 4.90 Å². The first-order chi connectivity index (χ1) is 19.1. The predicted octanol–water partition coefficient (Wildman–Crippen LogP) is 10.7. The molecular formula is C39H37N. The van der Waals surface area contributed by atoms with Gasteiger partial charge in [0, 0.05) is 22.5 Å². The summed E-state index contributed by atoms with van der Waals surface area (Å²) < 4.78 is 0. The first-order valence-electron chi connectivity index (χ1n) is 14.5. The van der Waals surface area contributed by atoms with E-state index >= 15 is 0 Å². The maximum atomic E-state index is 2.44. The van der Waals surface area contributed by atoms with E-state index in [0.29, 0.717) is 0 Å². The SMILES string of the molecule is CC1(C)c2cc(N(c3ccccc3)c3ccccc3)ccc2-c2ccc3c(c21)-c1ccccc1C(C)(C)C3(C)C. The quantitative estimate of drug-likeness (QED) is 0.229. The molecule has 0 bridgehead atoms. The Balaban J connectivity index is 1.46. The largest absolute Gasteiger partial charge is 0.310 e. The van der Waals surface area contributed by atoms with Crippen LogP contribution in [0.15, 0.2) is 115 Å². The molecule has 5 aromatic rings. The van der Waals surface area contributed by atoms with E-state index in [2.05, 4.69) is 162 Å². The van der Waals surface area contributed by atoms with Crippen LogP contribution in [0.4, 0.5) is 17.1 Å². The second-order valence-electron chi connectivity index (χ2n) is 13.1. The Morgan fingerprint density at radius 1 is 0.425 bits per heavy atom. The van der Waals surface area contributed by atoms with E-state index in [9.17, 15) is 0 Å². The van der Waals surface area contributed by atoms with E-state index in [1.54, 1.807) is 0 Å².